The number of hydrogen-bond acceptors (Lipinski definition) is 3. The van der Waals surface area contributed by atoms with Crippen molar-refractivity contribution in [3.8, 4) is 0 Å². The van der Waals surface area contributed by atoms with E-state index >= 15 is 0 Å². The van der Waals surface area contributed by atoms with Gasteiger partial charge in [0.15, 0.2) is 0 Å². The minimum absolute atomic E-state index is 0.0771. The average Bonchev–Trinajstić information content (AvgIpc) is 2.35. The second kappa shape index (κ2) is 5.32. The van der Waals surface area contributed by atoms with Gasteiger partial charge in [-0.05, 0) is 24.3 Å². The van der Waals surface area contributed by atoms with Crippen LogP contribution in [0.25, 0.3) is 0 Å². The van der Waals surface area contributed by atoms with Crippen LogP contribution in [0.4, 0.5) is 10.1 Å². The van der Waals surface area contributed by atoms with Crippen LogP contribution in [-0.4, -0.2) is 13.4 Å². The Morgan fingerprint density at radius 3 is 2.53 bits per heavy atom. The molecule has 1 aromatic carbocycles. The van der Waals surface area contributed by atoms with E-state index in [1.807, 2.05) is 0 Å². The van der Waals surface area contributed by atoms with Gasteiger partial charge in [0.1, 0.15) is 4.90 Å². The Bertz CT molecular complexity index is 705. The summed E-state index contributed by atoms with van der Waals surface area (Å²) in [5.41, 5.74) is 0.123. The van der Waals surface area contributed by atoms with Crippen LogP contribution in [0.3, 0.4) is 0 Å². The van der Waals surface area contributed by atoms with Crippen molar-refractivity contribution in [2.75, 3.05) is 4.72 Å². The van der Waals surface area contributed by atoms with Gasteiger partial charge in [-0.2, -0.15) is 4.39 Å². The molecule has 0 aliphatic rings. The number of hydrogen-bond donors (Lipinski definition) is 1. The smallest absolute Gasteiger partial charge is 0.263 e. The number of sulfonamides is 1. The zero-order valence-corrected chi connectivity index (χ0v) is 11.6. The molecule has 19 heavy (non-hydrogen) atoms. The Morgan fingerprint density at radius 1 is 1.16 bits per heavy atom. The molecule has 0 aliphatic heterocycles. The lowest BCUT2D eigenvalue weighted by atomic mass is 10.4. The molecule has 0 bridgehead atoms. The predicted molar refractivity (Wildman–Crippen MR) is 71.5 cm³/mol. The number of benzene rings is 1. The number of nitrogens with zero attached hydrogens (tertiary/aromatic N) is 1. The van der Waals surface area contributed by atoms with Crippen LogP contribution in [0.5, 0.6) is 0 Å². The molecule has 100 valence electrons. The van der Waals surface area contributed by atoms with Gasteiger partial charge >= 0.3 is 0 Å². The molecule has 1 N–H and O–H groups in total. The molecule has 0 spiro atoms. The molecule has 0 unspecified atom stereocenters. The summed E-state index contributed by atoms with van der Waals surface area (Å²) in [5.74, 6) is -0.705. The van der Waals surface area contributed by atoms with Gasteiger partial charge in [-0.1, -0.05) is 29.3 Å². The lowest BCUT2D eigenvalue weighted by Gasteiger charge is -2.09. The van der Waals surface area contributed by atoms with E-state index in [4.69, 9.17) is 23.2 Å². The molecule has 0 saturated carbocycles. The van der Waals surface area contributed by atoms with Crippen molar-refractivity contribution in [1.82, 2.24) is 4.98 Å². The molecule has 0 atom stereocenters. The van der Waals surface area contributed by atoms with Crippen LogP contribution >= 0.6 is 23.2 Å². The molecule has 8 heteroatoms. The quantitative estimate of drug-likeness (QED) is 0.882. The van der Waals surface area contributed by atoms with E-state index in [0.717, 1.165) is 12.3 Å². The second-order valence-corrected chi connectivity index (χ2v) is 5.96. The highest BCUT2D eigenvalue weighted by atomic mass is 35.5. The number of rotatable bonds is 3. The topological polar surface area (TPSA) is 59.1 Å². The van der Waals surface area contributed by atoms with E-state index in [9.17, 15) is 12.8 Å². The Kier molecular flexibility index (Phi) is 3.93. The second-order valence-electron chi connectivity index (χ2n) is 3.53. The maximum Gasteiger partial charge on any atom is 0.263 e. The van der Waals surface area contributed by atoms with E-state index < -0.39 is 16.0 Å². The molecule has 4 nitrogen and oxygen atoms in total. The maximum atomic E-state index is 12.6. The van der Waals surface area contributed by atoms with Crippen LogP contribution in [0.15, 0.2) is 41.4 Å². The SMILES string of the molecule is O=S(=O)(Nc1ccc(F)nc1)c1cccc(Cl)c1Cl. The molecule has 0 fully saturated rings. The molecule has 0 amide bonds. The van der Waals surface area contributed by atoms with Crippen molar-refractivity contribution in [2.24, 2.45) is 0 Å². The molecule has 1 aromatic heterocycles. The lowest BCUT2D eigenvalue weighted by molar-refractivity contribution is 0.583. The Hall–Kier alpha value is -1.37. The number of aromatic nitrogens is 1. The van der Waals surface area contributed by atoms with Crippen molar-refractivity contribution >= 4 is 38.9 Å². The highest BCUT2D eigenvalue weighted by molar-refractivity contribution is 7.92. The van der Waals surface area contributed by atoms with Crippen molar-refractivity contribution in [1.29, 1.82) is 0 Å². The highest BCUT2D eigenvalue weighted by Gasteiger charge is 2.19. The first-order valence-electron chi connectivity index (χ1n) is 4.98. The van der Waals surface area contributed by atoms with Crippen molar-refractivity contribution < 1.29 is 12.8 Å². The minimum Gasteiger partial charge on any atom is -0.278 e. The van der Waals surface area contributed by atoms with Gasteiger partial charge in [0, 0.05) is 0 Å². The first-order chi connectivity index (χ1) is 8.90. The Balaban J connectivity index is 2.38. The first kappa shape index (κ1) is 14.0. The standard InChI is InChI=1S/C11H7Cl2FN2O2S/c12-8-2-1-3-9(11(8)13)19(17,18)16-7-4-5-10(14)15-6-7/h1-6,16H. The number of pyridine rings is 1. The van der Waals surface area contributed by atoms with Crippen LogP contribution < -0.4 is 4.72 Å². The zero-order chi connectivity index (χ0) is 14.0. The first-order valence-corrected chi connectivity index (χ1v) is 7.22. The van der Waals surface area contributed by atoms with Crippen molar-refractivity contribution in [2.45, 2.75) is 4.90 Å². The van der Waals surface area contributed by atoms with E-state index in [1.165, 1.54) is 24.3 Å². The fourth-order valence-electron chi connectivity index (χ4n) is 1.34. The number of anilines is 1. The lowest BCUT2D eigenvalue weighted by Crippen LogP contribution is -2.13. The Morgan fingerprint density at radius 2 is 1.89 bits per heavy atom. The molecular formula is C11H7Cl2FN2O2S. The number of halogens is 3. The summed E-state index contributed by atoms with van der Waals surface area (Å²) >= 11 is 11.6. The van der Waals surface area contributed by atoms with Crippen LogP contribution in [0.1, 0.15) is 0 Å². The third-order valence-corrected chi connectivity index (χ3v) is 4.54. The molecule has 0 aliphatic carbocycles. The average molecular weight is 321 g/mol. The fraction of sp³-hybridized carbons (Fsp3) is 0. The van der Waals surface area contributed by atoms with Crippen molar-refractivity contribution in [3.63, 3.8) is 0 Å². The van der Waals surface area contributed by atoms with E-state index in [1.54, 1.807) is 0 Å². The van der Waals surface area contributed by atoms with Gasteiger partial charge < -0.3 is 0 Å². The summed E-state index contributed by atoms with van der Waals surface area (Å²) in [5, 5.41) is 0.0495. The molecule has 0 saturated heterocycles. The Labute approximate surface area is 119 Å². The van der Waals surface area contributed by atoms with E-state index in [2.05, 4.69) is 9.71 Å². The monoisotopic (exact) mass is 320 g/mol. The normalized spacial score (nSPS) is 11.3. The molecular weight excluding hydrogens is 314 g/mol. The van der Waals surface area contributed by atoms with Crippen molar-refractivity contribution in [3.05, 3.63) is 52.5 Å². The third kappa shape index (κ3) is 3.15. The minimum atomic E-state index is -3.91. The summed E-state index contributed by atoms with van der Waals surface area (Å²) in [6.45, 7) is 0. The van der Waals surface area contributed by atoms with Gasteiger partial charge in [0.05, 0.1) is 21.9 Å². The highest BCUT2D eigenvalue weighted by Crippen LogP contribution is 2.29. The fourth-order valence-corrected chi connectivity index (χ4v) is 3.14. The zero-order valence-electron chi connectivity index (χ0n) is 9.27. The van der Waals surface area contributed by atoms with Crippen LogP contribution in [0, 0.1) is 5.95 Å². The largest absolute Gasteiger partial charge is 0.278 e. The number of nitrogens with one attached hydrogen (secondary N) is 1. The van der Waals surface area contributed by atoms with Gasteiger partial charge in [0.2, 0.25) is 5.95 Å². The van der Waals surface area contributed by atoms with Gasteiger partial charge in [-0.3, -0.25) is 4.72 Å². The maximum absolute atomic E-state index is 12.6. The summed E-state index contributed by atoms with van der Waals surface area (Å²) in [6, 6.07) is 6.54. The van der Waals surface area contributed by atoms with Gasteiger partial charge in [0.25, 0.3) is 10.0 Å². The summed E-state index contributed by atoms with van der Waals surface area (Å²) in [6.07, 6.45) is 1.06. The third-order valence-electron chi connectivity index (χ3n) is 2.19. The summed E-state index contributed by atoms with van der Waals surface area (Å²) in [7, 11) is -3.91. The molecule has 2 aromatic rings. The van der Waals surface area contributed by atoms with Gasteiger partial charge in [-0.25, -0.2) is 13.4 Å². The molecule has 2 rings (SSSR count). The van der Waals surface area contributed by atoms with E-state index in [0.29, 0.717) is 0 Å². The predicted octanol–water partition coefficient (Wildman–Crippen LogP) is 3.33. The summed E-state index contributed by atoms with van der Waals surface area (Å²) in [4.78, 5) is 3.18. The van der Waals surface area contributed by atoms with Crippen LogP contribution in [0.2, 0.25) is 10.0 Å². The van der Waals surface area contributed by atoms with E-state index in [-0.39, 0.29) is 20.6 Å². The summed E-state index contributed by atoms with van der Waals surface area (Å²) < 4.78 is 39.0. The molecule has 1 heterocycles. The van der Waals surface area contributed by atoms with Crippen LogP contribution in [-0.2, 0) is 10.0 Å². The molecule has 0 radical (unpaired) electrons. The van der Waals surface area contributed by atoms with Gasteiger partial charge in [-0.15, -0.1) is 0 Å².